The molecule has 0 spiro atoms. The van der Waals surface area contributed by atoms with Gasteiger partial charge in [0.2, 0.25) is 11.8 Å². The fourth-order valence-corrected chi connectivity index (χ4v) is 9.19. The van der Waals surface area contributed by atoms with Gasteiger partial charge in [0.05, 0.1) is 50.6 Å². The maximum absolute atomic E-state index is 14.2. The average Bonchev–Trinajstić information content (AvgIpc) is 3.85. The van der Waals surface area contributed by atoms with Crippen molar-refractivity contribution in [2.45, 2.75) is 63.7 Å². The van der Waals surface area contributed by atoms with Gasteiger partial charge in [0, 0.05) is 18.2 Å². The second-order valence-corrected chi connectivity index (χ2v) is 17.1. The topological polar surface area (TPSA) is 175 Å². The number of aromatic amines is 2. The summed E-state index contributed by atoms with van der Waals surface area (Å²) in [6, 6.07) is 29.4. The first-order chi connectivity index (χ1) is 30.1. The number of hydrogen-bond acceptors (Lipinski definition) is 8. The number of aromatic nitrogens is 4. The van der Waals surface area contributed by atoms with E-state index in [1.807, 2.05) is 41.4 Å². The van der Waals surface area contributed by atoms with Gasteiger partial charge >= 0.3 is 12.2 Å². The molecular weight excluding hydrogens is 785 g/mol. The summed E-state index contributed by atoms with van der Waals surface area (Å²) >= 11 is 0. The number of alkyl carbamates (subject to hydrolysis) is 2. The second kappa shape index (κ2) is 16.8. The van der Waals surface area contributed by atoms with Crippen LogP contribution in [0.15, 0.2) is 103 Å². The quantitative estimate of drug-likeness (QED) is 0.0908. The van der Waals surface area contributed by atoms with Crippen LogP contribution in [0.25, 0.3) is 44.4 Å². The summed E-state index contributed by atoms with van der Waals surface area (Å²) in [4.78, 5) is 71.4. The minimum absolute atomic E-state index is 0.0237. The van der Waals surface area contributed by atoms with Gasteiger partial charge in [0.25, 0.3) is 0 Å². The second-order valence-electron chi connectivity index (χ2n) is 17.1. The number of nitrogens with one attached hydrogen (secondary N) is 4. The van der Waals surface area contributed by atoms with Gasteiger partial charge in [-0.15, -0.1) is 0 Å². The fraction of sp³-hybridized carbons (Fsp3) is 0.333. The summed E-state index contributed by atoms with van der Waals surface area (Å²) in [5, 5.41) is 7.45. The molecule has 318 valence electrons. The van der Waals surface area contributed by atoms with Crippen LogP contribution in [0.3, 0.4) is 0 Å². The number of fused-ring (bicyclic) bond motifs is 3. The van der Waals surface area contributed by atoms with Crippen LogP contribution in [-0.4, -0.2) is 87.1 Å². The first kappa shape index (κ1) is 40.4. The number of carbonyl (C=O) groups excluding carboxylic acids is 4. The zero-order chi connectivity index (χ0) is 43.0. The molecule has 4 amide bonds. The largest absolute Gasteiger partial charge is 0.453 e. The van der Waals surface area contributed by atoms with Gasteiger partial charge in [-0.2, -0.15) is 0 Å². The molecule has 4 aromatic carbocycles. The molecule has 2 bridgehead atoms. The Balaban J connectivity index is 0.881. The van der Waals surface area contributed by atoms with Crippen LogP contribution in [0.5, 0.6) is 0 Å². The molecular formula is C48H50N8O6. The van der Waals surface area contributed by atoms with Gasteiger partial charge in [-0.1, -0.05) is 85.8 Å². The van der Waals surface area contributed by atoms with Gasteiger partial charge in [-0.05, 0) is 88.6 Å². The van der Waals surface area contributed by atoms with Crippen molar-refractivity contribution in [2.24, 2.45) is 11.3 Å². The molecule has 14 nitrogen and oxygen atoms in total. The SMILES string of the molecule is COC(=O)NCC(=O)N1C2CC[C@@H](C2)[C@H]1c1ncc(-c2ccc(-c3ccc4cc(-c5cnc(CN(CC6(C)CC6)C(=O)[C@H](NC(=O)OC)c6ccccc6)[nH]5)ccc4c3)cc2)[nH]1. The van der Waals surface area contributed by atoms with Gasteiger partial charge in [0.1, 0.15) is 24.2 Å². The van der Waals surface area contributed by atoms with E-state index in [9.17, 15) is 19.2 Å². The molecule has 4 atom stereocenters. The lowest BCUT2D eigenvalue weighted by molar-refractivity contribution is -0.135. The smallest absolute Gasteiger partial charge is 0.407 e. The zero-order valence-corrected chi connectivity index (χ0v) is 35.0. The molecule has 3 aliphatic rings. The van der Waals surface area contributed by atoms with Crippen molar-refractivity contribution in [2.75, 3.05) is 27.3 Å². The number of rotatable bonds is 13. The molecule has 0 radical (unpaired) electrons. The number of imidazole rings is 2. The lowest BCUT2D eigenvalue weighted by Gasteiger charge is -2.34. The molecule has 62 heavy (non-hydrogen) atoms. The van der Waals surface area contributed by atoms with Crippen molar-refractivity contribution in [1.82, 2.24) is 40.4 Å². The van der Waals surface area contributed by atoms with Gasteiger partial charge in [-0.25, -0.2) is 19.6 Å². The first-order valence-corrected chi connectivity index (χ1v) is 21.1. The zero-order valence-electron chi connectivity index (χ0n) is 35.0. The molecule has 1 saturated heterocycles. The van der Waals surface area contributed by atoms with E-state index in [-0.39, 0.29) is 42.4 Å². The fourth-order valence-electron chi connectivity index (χ4n) is 9.19. The third-order valence-electron chi connectivity index (χ3n) is 12.8. The number of ether oxygens (including phenoxy) is 2. The number of likely N-dealkylation sites (tertiary alicyclic amines) is 1. The van der Waals surface area contributed by atoms with Crippen molar-refractivity contribution in [3.05, 3.63) is 121 Å². The van der Waals surface area contributed by atoms with Crippen molar-refractivity contribution < 1.29 is 28.7 Å². The molecule has 9 rings (SSSR count). The number of amides is 4. The van der Waals surface area contributed by atoms with E-state index < -0.39 is 18.2 Å². The molecule has 3 fully saturated rings. The summed E-state index contributed by atoms with van der Waals surface area (Å²) in [7, 11) is 2.57. The van der Waals surface area contributed by atoms with E-state index in [2.05, 4.69) is 92.9 Å². The number of nitrogens with zero attached hydrogens (tertiary/aromatic N) is 4. The van der Waals surface area contributed by atoms with Crippen molar-refractivity contribution in [1.29, 1.82) is 0 Å². The van der Waals surface area contributed by atoms with E-state index in [1.54, 1.807) is 11.1 Å². The molecule has 1 aliphatic heterocycles. The third kappa shape index (κ3) is 8.37. The number of carbonyl (C=O) groups is 4. The summed E-state index contributed by atoms with van der Waals surface area (Å²) in [5.74, 6) is 1.40. The molecule has 4 N–H and O–H groups in total. The van der Waals surface area contributed by atoms with Crippen LogP contribution in [0, 0.1) is 11.3 Å². The van der Waals surface area contributed by atoms with Crippen LogP contribution in [0.2, 0.25) is 0 Å². The van der Waals surface area contributed by atoms with Crippen molar-refractivity contribution in [3.63, 3.8) is 0 Å². The summed E-state index contributed by atoms with van der Waals surface area (Å²) in [6.07, 6.45) is 7.35. The monoisotopic (exact) mass is 834 g/mol. The molecule has 14 heteroatoms. The number of piperidine rings is 1. The van der Waals surface area contributed by atoms with Gasteiger partial charge in [0.15, 0.2) is 0 Å². The summed E-state index contributed by atoms with van der Waals surface area (Å²) < 4.78 is 9.53. The highest BCUT2D eigenvalue weighted by Gasteiger charge is 2.50. The minimum atomic E-state index is -0.901. The van der Waals surface area contributed by atoms with Crippen LogP contribution in [0.4, 0.5) is 9.59 Å². The average molecular weight is 835 g/mol. The Labute approximate surface area is 359 Å². The van der Waals surface area contributed by atoms with Crippen molar-refractivity contribution >= 4 is 34.8 Å². The number of H-pyrrole nitrogens is 2. The van der Waals surface area contributed by atoms with E-state index in [1.165, 1.54) is 14.2 Å². The van der Waals surface area contributed by atoms with E-state index >= 15 is 0 Å². The summed E-state index contributed by atoms with van der Waals surface area (Å²) in [6.45, 7) is 2.87. The number of benzene rings is 4. The highest BCUT2D eigenvalue weighted by molar-refractivity contribution is 5.91. The Kier molecular flexibility index (Phi) is 11.0. The molecule has 6 aromatic rings. The predicted octanol–water partition coefficient (Wildman–Crippen LogP) is 7.92. The Morgan fingerprint density at radius 1 is 0.806 bits per heavy atom. The Hall–Kier alpha value is -6.96. The maximum Gasteiger partial charge on any atom is 0.407 e. The van der Waals surface area contributed by atoms with Gasteiger partial charge in [-0.3, -0.25) is 9.59 Å². The highest BCUT2D eigenvalue weighted by atomic mass is 16.5. The summed E-state index contributed by atoms with van der Waals surface area (Å²) in [5.41, 5.74) is 6.57. The normalized spacial score (nSPS) is 18.9. The number of methoxy groups -OCH3 is 2. The molecule has 2 aliphatic carbocycles. The van der Waals surface area contributed by atoms with Gasteiger partial charge < -0.3 is 39.9 Å². The Morgan fingerprint density at radius 2 is 1.47 bits per heavy atom. The Bertz CT molecular complexity index is 2620. The first-order valence-electron chi connectivity index (χ1n) is 21.1. The predicted molar refractivity (Wildman–Crippen MR) is 233 cm³/mol. The number of hydrogen-bond donors (Lipinski definition) is 4. The highest BCUT2D eigenvalue weighted by Crippen LogP contribution is 2.50. The maximum atomic E-state index is 14.2. The van der Waals surface area contributed by atoms with Crippen LogP contribution in [-0.2, 0) is 25.6 Å². The third-order valence-corrected chi connectivity index (χ3v) is 12.8. The van der Waals surface area contributed by atoms with Crippen molar-refractivity contribution in [3.8, 4) is 33.6 Å². The lowest BCUT2D eigenvalue weighted by Crippen LogP contribution is -2.45. The standard InChI is InChI=1S/C48H50N8O6/c1-48(19-20-48)28-55(45(58)42(54-47(60)62-3)31-7-5-4-6-8-31)27-40-49-24-39(52-40)35-16-15-33-21-32(13-14-34(33)22-35)29-9-11-30(12-10-29)38-25-50-44(53-38)43-36-17-18-37(23-36)56(43)41(57)26-51-46(59)61-2/h4-16,21-22,24-25,36-37,42-43H,17-20,23,26-28H2,1-3H3,(H,49,52)(H,50,53)(H,51,59)(H,54,60)/t36-,37?,42+,43-/m0/s1. The van der Waals surface area contributed by atoms with Crippen LogP contribution in [0.1, 0.15) is 68.3 Å². The lowest BCUT2D eigenvalue weighted by atomic mass is 9.97. The minimum Gasteiger partial charge on any atom is -0.453 e. The molecule has 2 aromatic heterocycles. The van der Waals surface area contributed by atoms with Crippen LogP contribution >= 0.6 is 0 Å². The van der Waals surface area contributed by atoms with E-state index in [0.29, 0.717) is 23.9 Å². The van der Waals surface area contributed by atoms with E-state index in [4.69, 9.17) is 14.7 Å². The Morgan fingerprint density at radius 3 is 2.19 bits per heavy atom. The molecule has 2 saturated carbocycles. The molecule has 3 heterocycles. The van der Waals surface area contributed by atoms with E-state index in [0.717, 1.165) is 82.3 Å². The van der Waals surface area contributed by atoms with Crippen LogP contribution < -0.4 is 10.6 Å². The molecule has 1 unspecified atom stereocenters.